The van der Waals surface area contributed by atoms with E-state index in [-0.39, 0.29) is 23.4 Å². The Labute approximate surface area is 204 Å². The maximum Gasteiger partial charge on any atom is 0.262 e. The molecule has 2 aromatic carbocycles. The third-order valence-corrected chi connectivity index (χ3v) is 13.7. The number of allylic oxidation sites excluding steroid dienone is 2. The van der Waals surface area contributed by atoms with Gasteiger partial charge in [0.05, 0.1) is 24.4 Å². The molecule has 0 unspecified atom stereocenters. The monoisotopic (exact) mass is 472 g/mol. The molecule has 1 fully saturated rings. The zero-order chi connectivity index (χ0) is 23.5. The second-order valence-electron chi connectivity index (χ2n) is 11.5. The van der Waals surface area contributed by atoms with Gasteiger partial charge in [0.1, 0.15) is 0 Å². The fourth-order valence-corrected chi connectivity index (χ4v) is 11.9. The van der Waals surface area contributed by atoms with E-state index < -0.39 is 14.4 Å². The summed E-state index contributed by atoms with van der Waals surface area (Å²) in [5.41, 5.74) is 2.50. The fraction of sp³-hybridized carbons (Fsp3) is 0.467. The Morgan fingerprint density at radius 1 is 0.882 bits per heavy atom. The zero-order valence-electron chi connectivity index (χ0n) is 20.5. The highest BCUT2D eigenvalue weighted by atomic mass is 28.4. The molecule has 0 amide bonds. The topological polar surface area (TPSA) is 38.7 Å². The van der Waals surface area contributed by atoms with Crippen molar-refractivity contribution in [2.75, 3.05) is 0 Å². The molecule has 1 N–H and O–H groups in total. The molecule has 6 rings (SSSR count). The number of hydrogen-bond acceptors (Lipinski definition) is 3. The molecule has 0 aromatic heterocycles. The number of fused-ring (bicyclic) bond motifs is 1. The van der Waals surface area contributed by atoms with Crippen LogP contribution in [0.1, 0.15) is 46.5 Å². The number of ether oxygens (including phenoxy) is 1. The first-order chi connectivity index (χ1) is 16.4. The van der Waals surface area contributed by atoms with Gasteiger partial charge in [-0.15, -0.1) is 0 Å². The van der Waals surface area contributed by atoms with Gasteiger partial charge in [-0.25, -0.2) is 0 Å². The van der Waals surface area contributed by atoms with Gasteiger partial charge in [0.2, 0.25) is 0 Å². The van der Waals surface area contributed by atoms with Crippen molar-refractivity contribution in [1.82, 2.24) is 0 Å². The SMILES string of the molecule is CC(C)(C)[Si](O[C@@H]1C2=C(CC[C@@H]2O)[C@@H]2O[C@H]1[C@H]1CC=CC[C@H]12)(c1ccccc1)c1ccccc1. The predicted molar refractivity (Wildman–Crippen MR) is 139 cm³/mol. The van der Waals surface area contributed by atoms with E-state index in [2.05, 4.69) is 93.6 Å². The van der Waals surface area contributed by atoms with Gasteiger partial charge in [0.15, 0.2) is 0 Å². The molecule has 4 aliphatic rings. The quantitative estimate of drug-likeness (QED) is 0.516. The van der Waals surface area contributed by atoms with E-state index >= 15 is 0 Å². The van der Waals surface area contributed by atoms with Crippen LogP contribution < -0.4 is 10.4 Å². The molecular weight excluding hydrogens is 436 g/mol. The molecule has 0 saturated carbocycles. The van der Waals surface area contributed by atoms with E-state index in [9.17, 15) is 5.11 Å². The van der Waals surface area contributed by atoms with E-state index in [0.717, 1.165) is 31.3 Å². The Bertz CT molecular complexity index is 1060. The summed E-state index contributed by atoms with van der Waals surface area (Å²) in [6.45, 7) is 6.98. The van der Waals surface area contributed by atoms with Crippen LogP contribution in [0.5, 0.6) is 0 Å². The van der Waals surface area contributed by atoms with Crippen molar-refractivity contribution in [3.8, 4) is 0 Å². The highest BCUT2D eigenvalue weighted by molar-refractivity contribution is 6.99. The summed E-state index contributed by atoms with van der Waals surface area (Å²) in [6.07, 6.45) is 8.05. The van der Waals surface area contributed by atoms with Crippen LogP contribution in [0.3, 0.4) is 0 Å². The molecular formula is C30H36O3Si. The molecule has 0 spiro atoms. The molecule has 1 aliphatic heterocycles. The van der Waals surface area contributed by atoms with Crippen LogP contribution in [0.25, 0.3) is 0 Å². The molecule has 3 aliphatic carbocycles. The number of rotatable bonds is 4. The van der Waals surface area contributed by atoms with E-state index in [0.29, 0.717) is 11.8 Å². The molecule has 6 atom stereocenters. The average Bonchev–Trinajstić information content (AvgIpc) is 3.40. The number of benzene rings is 2. The normalized spacial score (nSPS) is 32.6. The van der Waals surface area contributed by atoms with Crippen molar-refractivity contribution < 1.29 is 14.3 Å². The maximum atomic E-state index is 11.2. The summed E-state index contributed by atoms with van der Waals surface area (Å²) in [4.78, 5) is 0. The van der Waals surface area contributed by atoms with Crippen molar-refractivity contribution >= 4 is 18.7 Å². The second kappa shape index (κ2) is 8.30. The van der Waals surface area contributed by atoms with Crippen LogP contribution in [-0.2, 0) is 9.16 Å². The van der Waals surface area contributed by atoms with Crippen molar-refractivity contribution in [2.45, 2.75) is 75.9 Å². The fourth-order valence-electron chi connectivity index (χ4n) is 7.26. The lowest BCUT2D eigenvalue weighted by Crippen LogP contribution is -2.69. The predicted octanol–water partition coefficient (Wildman–Crippen LogP) is 4.75. The lowest BCUT2D eigenvalue weighted by Gasteiger charge is -2.48. The Balaban J connectivity index is 1.54. The third kappa shape index (κ3) is 3.26. The minimum atomic E-state index is -2.77. The number of hydrogen-bond donors (Lipinski definition) is 1. The Kier molecular flexibility index (Phi) is 5.49. The lowest BCUT2D eigenvalue weighted by atomic mass is 9.78. The van der Waals surface area contributed by atoms with Crippen LogP contribution in [0.4, 0.5) is 0 Å². The first-order valence-electron chi connectivity index (χ1n) is 12.9. The van der Waals surface area contributed by atoms with E-state index in [1.165, 1.54) is 15.9 Å². The molecule has 4 heteroatoms. The summed E-state index contributed by atoms with van der Waals surface area (Å²) in [5.74, 6) is 0.967. The van der Waals surface area contributed by atoms with E-state index in [1.807, 2.05) is 0 Å². The summed E-state index contributed by atoms with van der Waals surface area (Å²) >= 11 is 0. The van der Waals surface area contributed by atoms with Crippen molar-refractivity contribution in [1.29, 1.82) is 0 Å². The highest BCUT2D eigenvalue weighted by Gasteiger charge is 2.60. The molecule has 1 saturated heterocycles. The van der Waals surface area contributed by atoms with Gasteiger partial charge in [-0.05, 0) is 64.1 Å². The molecule has 2 bridgehead atoms. The van der Waals surface area contributed by atoms with Crippen LogP contribution in [0.15, 0.2) is 84.0 Å². The van der Waals surface area contributed by atoms with Gasteiger partial charge < -0.3 is 14.3 Å². The van der Waals surface area contributed by atoms with E-state index in [1.54, 1.807) is 0 Å². The maximum absolute atomic E-state index is 11.2. The molecule has 34 heavy (non-hydrogen) atoms. The second-order valence-corrected chi connectivity index (χ2v) is 15.8. The molecule has 2 aromatic rings. The summed E-state index contributed by atoms with van der Waals surface area (Å²) < 4.78 is 14.5. The van der Waals surface area contributed by atoms with Gasteiger partial charge in [0, 0.05) is 0 Å². The van der Waals surface area contributed by atoms with Crippen molar-refractivity contribution in [3.05, 3.63) is 84.0 Å². The van der Waals surface area contributed by atoms with Gasteiger partial charge in [-0.1, -0.05) is 93.6 Å². The van der Waals surface area contributed by atoms with Gasteiger partial charge >= 0.3 is 0 Å². The van der Waals surface area contributed by atoms with Gasteiger partial charge in [0.25, 0.3) is 8.32 Å². The largest absolute Gasteiger partial charge is 0.398 e. The zero-order valence-corrected chi connectivity index (χ0v) is 21.5. The van der Waals surface area contributed by atoms with Crippen LogP contribution in [-0.4, -0.2) is 37.8 Å². The summed E-state index contributed by atoms with van der Waals surface area (Å²) in [7, 11) is -2.77. The first-order valence-corrected chi connectivity index (χ1v) is 14.8. The van der Waals surface area contributed by atoms with Crippen molar-refractivity contribution in [3.63, 3.8) is 0 Å². The van der Waals surface area contributed by atoms with Crippen LogP contribution in [0, 0.1) is 11.8 Å². The minimum absolute atomic E-state index is 0.00750. The smallest absolute Gasteiger partial charge is 0.262 e. The van der Waals surface area contributed by atoms with E-state index in [4.69, 9.17) is 9.16 Å². The molecule has 0 radical (unpaired) electrons. The summed E-state index contributed by atoms with van der Waals surface area (Å²) in [5, 5.41) is 13.7. The third-order valence-electron chi connectivity index (χ3n) is 8.73. The Hall–Kier alpha value is -1.98. The number of aliphatic hydroxyl groups excluding tert-OH is 1. The molecule has 3 nitrogen and oxygen atoms in total. The lowest BCUT2D eigenvalue weighted by molar-refractivity contribution is -0.0363. The highest BCUT2D eigenvalue weighted by Crippen LogP contribution is 2.54. The molecule has 1 heterocycles. The Morgan fingerprint density at radius 2 is 1.47 bits per heavy atom. The Morgan fingerprint density at radius 3 is 2.06 bits per heavy atom. The van der Waals surface area contributed by atoms with Crippen LogP contribution in [0.2, 0.25) is 5.04 Å². The minimum Gasteiger partial charge on any atom is -0.398 e. The number of aliphatic hydroxyl groups is 1. The average molecular weight is 473 g/mol. The molecule has 178 valence electrons. The first kappa shape index (κ1) is 22.5. The van der Waals surface area contributed by atoms with Gasteiger partial charge in [-0.3, -0.25) is 0 Å². The summed E-state index contributed by atoms with van der Waals surface area (Å²) in [6, 6.07) is 21.7. The van der Waals surface area contributed by atoms with Crippen LogP contribution >= 0.6 is 0 Å². The van der Waals surface area contributed by atoms with Crippen molar-refractivity contribution in [2.24, 2.45) is 11.8 Å². The van der Waals surface area contributed by atoms with Gasteiger partial charge in [-0.2, -0.15) is 0 Å². The standard InChI is InChI=1S/C30H36O3Si/c1-30(2,3)34(20-12-6-4-7-13-20,21-14-8-5-9-15-21)33-29-26-24(18-19-25(26)31)27-22-16-10-11-17-23(22)28(29)32-27/h4-15,22-23,25,27-29,31H,16-19H2,1-3H3/t22-,23+,25+,27-,28+,29-/m1/s1.